The summed E-state index contributed by atoms with van der Waals surface area (Å²) >= 11 is 0. The van der Waals surface area contributed by atoms with E-state index in [4.69, 9.17) is 10.5 Å². The summed E-state index contributed by atoms with van der Waals surface area (Å²) in [4.78, 5) is 12.5. The fraction of sp³-hybridized carbons (Fsp3) is 0.538. The second kappa shape index (κ2) is 6.04. The SMILES string of the molecule is CCC1OCCC1CNc1nc(N)nc(-n2cccn2)n1. The normalized spacial score (nSPS) is 21.6. The highest BCUT2D eigenvalue weighted by Gasteiger charge is 2.26. The molecule has 0 saturated carbocycles. The van der Waals surface area contributed by atoms with Gasteiger partial charge >= 0.3 is 0 Å². The number of rotatable bonds is 5. The van der Waals surface area contributed by atoms with Crippen molar-refractivity contribution in [1.29, 1.82) is 0 Å². The van der Waals surface area contributed by atoms with Crippen LogP contribution in [-0.2, 0) is 4.74 Å². The molecular formula is C13H19N7O. The number of ether oxygens (including phenoxy) is 1. The minimum Gasteiger partial charge on any atom is -0.378 e. The first-order valence-electron chi connectivity index (χ1n) is 7.13. The van der Waals surface area contributed by atoms with Gasteiger partial charge < -0.3 is 15.8 Å². The molecule has 3 N–H and O–H groups in total. The van der Waals surface area contributed by atoms with Crippen LogP contribution in [0, 0.1) is 5.92 Å². The van der Waals surface area contributed by atoms with Crippen molar-refractivity contribution in [2.75, 3.05) is 24.2 Å². The van der Waals surface area contributed by atoms with Crippen molar-refractivity contribution in [3.05, 3.63) is 18.5 Å². The van der Waals surface area contributed by atoms with Crippen molar-refractivity contribution < 1.29 is 4.74 Å². The lowest BCUT2D eigenvalue weighted by Gasteiger charge is -2.17. The van der Waals surface area contributed by atoms with Crippen LogP contribution in [0.1, 0.15) is 19.8 Å². The number of aromatic nitrogens is 5. The molecule has 3 rings (SSSR count). The number of hydrogen-bond donors (Lipinski definition) is 2. The molecule has 0 amide bonds. The third kappa shape index (κ3) is 3.10. The van der Waals surface area contributed by atoms with Crippen LogP contribution in [0.15, 0.2) is 18.5 Å². The highest BCUT2D eigenvalue weighted by Crippen LogP contribution is 2.23. The number of nitrogen functional groups attached to an aromatic ring is 1. The second-order valence-corrected chi connectivity index (χ2v) is 5.01. The van der Waals surface area contributed by atoms with Gasteiger partial charge in [0.25, 0.3) is 5.95 Å². The molecule has 1 fully saturated rings. The van der Waals surface area contributed by atoms with Crippen molar-refractivity contribution >= 4 is 11.9 Å². The van der Waals surface area contributed by atoms with Gasteiger partial charge in [-0.1, -0.05) is 6.92 Å². The number of nitrogens with two attached hydrogens (primary N) is 1. The number of hydrogen-bond acceptors (Lipinski definition) is 7. The van der Waals surface area contributed by atoms with E-state index in [1.54, 1.807) is 23.1 Å². The minimum atomic E-state index is 0.174. The molecule has 2 unspecified atom stereocenters. The monoisotopic (exact) mass is 289 g/mol. The molecule has 2 aromatic heterocycles. The Hall–Kier alpha value is -2.22. The fourth-order valence-electron chi connectivity index (χ4n) is 2.55. The van der Waals surface area contributed by atoms with Crippen LogP contribution < -0.4 is 11.1 Å². The molecule has 2 atom stereocenters. The maximum atomic E-state index is 5.73. The Kier molecular flexibility index (Phi) is 3.96. The van der Waals surface area contributed by atoms with E-state index in [1.807, 2.05) is 0 Å². The van der Waals surface area contributed by atoms with Crippen LogP contribution in [-0.4, -0.2) is 44.0 Å². The Balaban J connectivity index is 1.71. The zero-order valence-electron chi connectivity index (χ0n) is 11.9. The van der Waals surface area contributed by atoms with Gasteiger partial charge in [-0.3, -0.25) is 0 Å². The maximum absolute atomic E-state index is 5.73. The topological polar surface area (TPSA) is 104 Å². The van der Waals surface area contributed by atoms with Gasteiger partial charge in [-0.15, -0.1) is 0 Å². The summed E-state index contributed by atoms with van der Waals surface area (Å²) in [6, 6.07) is 1.80. The third-order valence-corrected chi connectivity index (χ3v) is 3.62. The number of anilines is 2. The number of nitrogens with zero attached hydrogens (tertiary/aromatic N) is 5. The predicted octanol–water partition coefficient (Wildman–Crippen LogP) is 0.866. The van der Waals surface area contributed by atoms with E-state index in [0.29, 0.717) is 23.9 Å². The van der Waals surface area contributed by atoms with Crippen molar-refractivity contribution in [1.82, 2.24) is 24.7 Å². The van der Waals surface area contributed by atoms with Gasteiger partial charge in [0.1, 0.15) is 0 Å². The quantitative estimate of drug-likeness (QED) is 0.841. The molecule has 0 radical (unpaired) electrons. The Morgan fingerprint density at radius 1 is 1.43 bits per heavy atom. The summed E-state index contributed by atoms with van der Waals surface area (Å²) in [7, 11) is 0. The Bertz CT molecular complexity index is 586. The maximum Gasteiger partial charge on any atom is 0.257 e. The zero-order valence-corrected chi connectivity index (χ0v) is 11.9. The lowest BCUT2D eigenvalue weighted by atomic mass is 10.00. The molecular weight excluding hydrogens is 270 g/mol. The van der Waals surface area contributed by atoms with E-state index < -0.39 is 0 Å². The molecule has 21 heavy (non-hydrogen) atoms. The largest absolute Gasteiger partial charge is 0.378 e. The summed E-state index contributed by atoms with van der Waals surface area (Å²) in [5.74, 6) is 1.52. The summed E-state index contributed by atoms with van der Waals surface area (Å²) in [6.07, 6.45) is 5.80. The Labute approximate surface area is 122 Å². The van der Waals surface area contributed by atoms with Crippen molar-refractivity contribution in [2.24, 2.45) is 5.92 Å². The molecule has 8 nitrogen and oxygen atoms in total. The Morgan fingerprint density at radius 2 is 2.33 bits per heavy atom. The lowest BCUT2D eigenvalue weighted by Crippen LogP contribution is -2.24. The lowest BCUT2D eigenvalue weighted by molar-refractivity contribution is 0.0900. The smallest absolute Gasteiger partial charge is 0.257 e. The summed E-state index contributed by atoms with van der Waals surface area (Å²) in [6.45, 7) is 3.73. The second-order valence-electron chi connectivity index (χ2n) is 5.01. The van der Waals surface area contributed by atoms with Crippen molar-refractivity contribution in [3.8, 4) is 5.95 Å². The molecule has 0 spiro atoms. The molecule has 0 aliphatic carbocycles. The molecule has 1 aliphatic rings. The standard InChI is InChI=1S/C13H19N7O/c1-2-10-9(4-7-21-10)8-15-12-17-11(14)18-13(19-12)20-6-3-5-16-20/h3,5-6,9-10H,2,4,7-8H2,1H3,(H3,14,15,17,18,19). The average molecular weight is 289 g/mol. The van der Waals surface area contributed by atoms with Gasteiger partial charge in [-0.05, 0) is 18.9 Å². The van der Waals surface area contributed by atoms with Gasteiger partial charge in [0.2, 0.25) is 11.9 Å². The minimum absolute atomic E-state index is 0.174. The number of nitrogens with one attached hydrogen (secondary N) is 1. The van der Waals surface area contributed by atoms with Gasteiger partial charge in [-0.25, -0.2) is 4.68 Å². The summed E-state index contributed by atoms with van der Waals surface area (Å²) in [5.41, 5.74) is 5.73. The third-order valence-electron chi connectivity index (χ3n) is 3.62. The van der Waals surface area contributed by atoms with Gasteiger partial charge in [0.15, 0.2) is 0 Å². The summed E-state index contributed by atoms with van der Waals surface area (Å²) < 4.78 is 7.23. The highest BCUT2D eigenvalue weighted by molar-refractivity contribution is 5.34. The van der Waals surface area contributed by atoms with Crippen LogP contribution in [0.4, 0.5) is 11.9 Å². The van der Waals surface area contributed by atoms with Gasteiger partial charge in [0, 0.05) is 31.5 Å². The van der Waals surface area contributed by atoms with E-state index in [-0.39, 0.29) is 5.95 Å². The molecule has 112 valence electrons. The van der Waals surface area contributed by atoms with Crippen LogP contribution in [0.25, 0.3) is 5.95 Å². The first kappa shape index (κ1) is 13.7. The van der Waals surface area contributed by atoms with Crippen LogP contribution in [0.3, 0.4) is 0 Å². The molecule has 0 bridgehead atoms. The van der Waals surface area contributed by atoms with Crippen molar-refractivity contribution in [3.63, 3.8) is 0 Å². The highest BCUT2D eigenvalue weighted by atomic mass is 16.5. The average Bonchev–Trinajstić information content (AvgIpc) is 3.15. The van der Waals surface area contributed by atoms with E-state index in [1.165, 1.54) is 0 Å². The first-order valence-corrected chi connectivity index (χ1v) is 7.13. The van der Waals surface area contributed by atoms with Crippen LogP contribution in [0.2, 0.25) is 0 Å². The fourth-order valence-corrected chi connectivity index (χ4v) is 2.55. The van der Waals surface area contributed by atoms with Crippen LogP contribution >= 0.6 is 0 Å². The zero-order chi connectivity index (χ0) is 14.7. The molecule has 2 aromatic rings. The van der Waals surface area contributed by atoms with Gasteiger partial charge in [-0.2, -0.15) is 20.1 Å². The molecule has 8 heteroatoms. The first-order chi connectivity index (χ1) is 10.3. The molecule has 1 aliphatic heterocycles. The van der Waals surface area contributed by atoms with E-state index >= 15 is 0 Å². The molecule has 1 saturated heterocycles. The van der Waals surface area contributed by atoms with Gasteiger partial charge in [0.05, 0.1) is 6.10 Å². The van der Waals surface area contributed by atoms with E-state index in [9.17, 15) is 0 Å². The van der Waals surface area contributed by atoms with E-state index in [2.05, 4.69) is 32.3 Å². The van der Waals surface area contributed by atoms with Crippen LogP contribution in [0.5, 0.6) is 0 Å². The molecule has 3 heterocycles. The predicted molar refractivity (Wildman–Crippen MR) is 78.0 cm³/mol. The summed E-state index contributed by atoms with van der Waals surface area (Å²) in [5, 5.41) is 7.32. The van der Waals surface area contributed by atoms with E-state index in [0.717, 1.165) is 26.0 Å². The Morgan fingerprint density at radius 3 is 3.10 bits per heavy atom. The molecule has 0 aromatic carbocycles. The van der Waals surface area contributed by atoms with Crippen molar-refractivity contribution in [2.45, 2.75) is 25.9 Å².